The van der Waals surface area contributed by atoms with E-state index in [0.717, 1.165) is 5.52 Å². The first kappa shape index (κ1) is 21.5. The van der Waals surface area contributed by atoms with Gasteiger partial charge in [-0.05, 0) is 50.2 Å². The monoisotopic (exact) mass is 451 g/mol. The molecule has 0 spiro atoms. The van der Waals surface area contributed by atoms with Crippen LogP contribution in [0.2, 0.25) is 10.0 Å². The number of halogens is 2. The Labute approximate surface area is 182 Å². The lowest BCUT2D eigenvalue weighted by Gasteiger charge is -2.07. The van der Waals surface area contributed by atoms with Crippen molar-refractivity contribution in [2.24, 2.45) is 0 Å². The van der Waals surface area contributed by atoms with Crippen molar-refractivity contribution in [1.82, 2.24) is 9.55 Å². The van der Waals surface area contributed by atoms with Gasteiger partial charge in [0.2, 0.25) is 5.91 Å². The van der Waals surface area contributed by atoms with Gasteiger partial charge in [-0.3, -0.25) is 4.79 Å². The summed E-state index contributed by atoms with van der Waals surface area (Å²) in [5, 5.41) is 4.37. The SMILES string of the molecule is CCOC(=O)c1ccc2c(c1)nc(SCC(=O)Nc1cc(Cl)cc(Cl)c1)n2CC. The zero-order valence-electron chi connectivity index (χ0n) is 15.9. The molecule has 0 aliphatic carbocycles. The predicted molar refractivity (Wildman–Crippen MR) is 117 cm³/mol. The molecule has 152 valence electrons. The highest BCUT2D eigenvalue weighted by Crippen LogP contribution is 2.26. The minimum absolute atomic E-state index is 0.165. The molecule has 0 atom stereocenters. The number of anilines is 1. The Morgan fingerprint density at radius 3 is 2.52 bits per heavy atom. The molecular formula is C20H19Cl2N3O3S. The van der Waals surface area contributed by atoms with E-state index in [1.54, 1.807) is 37.3 Å². The molecule has 0 fully saturated rings. The van der Waals surface area contributed by atoms with Crippen molar-refractivity contribution in [3.63, 3.8) is 0 Å². The summed E-state index contributed by atoms with van der Waals surface area (Å²) >= 11 is 13.2. The van der Waals surface area contributed by atoms with Crippen LogP contribution in [0.3, 0.4) is 0 Å². The Balaban J connectivity index is 1.75. The van der Waals surface area contributed by atoms with Crippen LogP contribution in [0.4, 0.5) is 5.69 Å². The van der Waals surface area contributed by atoms with Crippen molar-refractivity contribution in [1.29, 1.82) is 0 Å². The first-order valence-corrected chi connectivity index (χ1v) is 10.7. The lowest BCUT2D eigenvalue weighted by molar-refractivity contribution is -0.113. The van der Waals surface area contributed by atoms with Gasteiger partial charge in [0.15, 0.2) is 5.16 Å². The van der Waals surface area contributed by atoms with Crippen molar-refractivity contribution in [2.45, 2.75) is 25.5 Å². The summed E-state index contributed by atoms with van der Waals surface area (Å²) < 4.78 is 7.04. The predicted octanol–water partition coefficient (Wildman–Crippen LogP) is 5.27. The molecule has 1 aromatic heterocycles. The molecule has 0 saturated heterocycles. The number of hydrogen-bond acceptors (Lipinski definition) is 5. The van der Waals surface area contributed by atoms with E-state index in [9.17, 15) is 9.59 Å². The molecule has 3 rings (SSSR count). The number of aryl methyl sites for hydroxylation is 1. The van der Waals surface area contributed by atoms with Gasteiger partial charge in [0.05, 0.1) is 29.0 Å². The first-order chi connectivity index (χ1) is 13.9. The van der Waals surface area contributed by atoms with Gasteiger partial charge in [-0.2, -0.15) is 0 Å². The number of rotatable bonds is 7. The van der Waals surface area contributed by atoms with Crippen molar-refractivity contribution in [2.75, 3.05) is 17.7 Å². The van der Waals surface area contributed by atoms with Crippen molar-refractivity contribution in [3.8, 4) is 0 Å². The van der Waals surface area contributed by atoms with E-state index in [-0.39, 0.29) is 17.6 Å². The number of benzene rings is 2. The van der Waals surface area contributed by atoms with Gasteiger partial charge < -0.3 is 14.6 Å². The summed E-state index contributed by atoms with van der Waals surface area (Å²) in [5.74, 6) is -0.414. The van der Waals surface area contributed by atoms with Gasteiger partial charge in [0.25, 0.3) is 0 Å². The van der Waals surface area contributed by atoms with Crippen LogP contribution < -0.4 is 5.32 Å². The molecule has 3 aromatic rings. The maximum Gasteiger partial charge on any atom is 0.338 e. The number of carbonyl (C=O) groups excluding carboxylic acids is 2. The fourth-order valence-corrected chi connectivity index (χ4v) is 4.22. The number of thioether (sulfide) groups is 1. The summed E-state index contributed by atoms with van der Waals surface area (Å²) in [6.07, 6.45) is 0. The maximum absolute atomic E-state index is 12.3. The first-order valence-electron chi connectivity index (χ1n) is 8.97. The average Bonchev–Trinajstić information content (AvgIpc) is 3.02. The Kier molecular flexibility index (Phi) is 7.05. The number of imidazole rings is 1. The Hall–Kier alpha value is -2.22. The third-order valence-corrected chi connectivity index (χ3v) is 5.43. The number of hydrogen-bond donors (Lipinski definition) is 1. The second-order valence-corrected chi connectivity index (χ2v) is 7.87. The molecule has 1 heterocycles. The van der Waals surface area contributed by atoms with Crippen LogP contribution in [0.15, 0.2) is 41.6 Å². The third-order valence-electron chi connectivity index (χ3n) is 4.02. The third kappa shape index (κ3) is 5.23. The van der Waals surface area contributed by atoms with Crippen LogP contribution in [-0.4, -0.2) is 33.8 Å². The van der Waals surface area contributed by atoms with Crippen LogP contribution >= 0.6 is 35.0 Å². The zero-order chi connectivity index (χ0) is 21.0. The summed E-state index contributed by atoms with van der Waals surface area (Å²) in [5.41, 5.74) is 2.57. The summed E-state index contributed by atoms with van der Waals surface area (Å²) in [6, 6.07) is 10.1. The number of esters is 1. The zero-order valence-corrected chi connectivity index (χ0v) is 18.2. The Morgan fingerprint density at radius 2 is 1.86 bits per heavy atom. The minimum atomic E-state index is -0.380. The van der Waals surface area contributed by atoms with Gasteiger partial charge in [0.1, 0.15) is 0 Å². The molecule has 1 amide bonds. The molecule has 0 aliphatic heterocycles. The molecule has 6 nitrogen and oxygen atoms in total. The van der Waals surface area contributed by atoms with E-state index >= 15 is 0 Å². The number of nitrogens with zero attached hydrogens (tertiary/aromatic N) is 2. The second kappa shape index (κ2) is 9.52. The number of ether oxygens (including phenoxy) is 1. The smallest absolute Gasteiger partial charge is 0.338 e. The molecular weight excluding hydrogens is 433 g/mol. The van der Waals surface area contributed by atoms with E-state index in [1.807, 2.05) is 17.6 Å². The van der Waals surface area contributed by atoms with Crippen molar-refractivity contribution >= 4 is 63.6 Å². The molecule has 0 bridgehead atoms. The van der Waals surface area contributed by atoms with E-state index < -0.39 is 0 Å². The van der Waals surface area contributed by atoms with Crippen LogP contribution in [0.1, 0.15) is 24.2 Å². The Bertz CT molecular complexity index is 1050. The molecule has 0 radical (unpaired) electrons. The lowest BCUT2D eigenvalue weighted by Crippen LogP contribution is -2.14. The summed E-state index contributed by atoms with van der Waals surface area (Å²) in [6.45, 7) is 4.76. The fraction of sp³-hybridized carbons (Fsp3) is 0.250. The highest BCUT2D eigenvalue weighted by molar-refractivity contribution is 7.99. The normalized spacial score (nSPS) is 10.9. The average molecular weight is 452 g/mol. The maximum atomic E-state index is 12.3. The van der Waals surface area contributed by atoms with Crippen LogP contribution in [0.25, 0.3) is 11.0 Å². The highest BCUT2D eigenvalue weighted by Gasteiger charge is 2.15. The summed E-state index contributed by atoms with van der Waals surface area (Å²) in [7, 11) is 0. The largest absolute Gasteiger partial charge is 0.462 e. The number of amides is 1. The standard InChI is InChI=1S/C20H19Cl2N3O3S/c1-3-25-17-6-5-12(19(27)28-4-2)7-16(17)24-20(25)29-11-18(26)23-15-9-13(21)8-14(22)10-15/h5-10H,3-4,11H2,1-2H3,(H,23,26). The van der Waals surface area contributed by atoms with Gasteiger partial charge in [-0.1, -0.05) is 35.0 Å². The topological polar surface area (TPSA) is 73.2 Å². The summed E-state index contributed by atoms with van der Waals surface area (Å²) in [4.78, 5) is 28.9. The van der Waals surface area contributed by atoms with Crippen LogP contribution in [0, 0.1) is 0 Å². The van der Waals surface area contributed by atoms with E-state index in [4.69, 9.17) is 27.9 Å². The number of aromatic nitrogens is 2. The van der Waals surface area contributed by atoms with E-state index in [0.29, 0.717) is 45.1 Å². The van der Waals surface area contributed by atoms with Crippen LogP contribution in [0.5, 0.6) is 0 Å². The van der Waals surface area contributed by atoms with Gasteiger partial charge >= 0.3 is 5.97 Å². The number of fused-ring (bicyclic) bond motifs is 1. The quantitative estimate of drug-likeness (QED) is 0.391. The van der Waals surface area contributed by atoms with Gasteiger partial charge in [0, 0.05) is 22.3 Å². The number of nitrogens with one attached hydrogen (secondary N) is 1. The molecule has 0 saturated carbocycles. The molecule has 0 aliphatic rings. The molecule has 2 aromatic carbocycles. The lowest BCUT2D eigenvalue weighted by atomic mass is 10.2. The van der Waals surface area contributed by atoms with Gasteiger partial charge in [-0.15, -0.1) is 0 Å². The Morgan fingerprint density at radius 1 is 1.14 bits per heavy atom. The van der Waals surface area contributed by atoms with E-state index in [2.05, 4.69) is 10.3 Å². The molecule has 9 heteroatoms. The molecule has 0 unspecified atom stereocenters. The van der Waals surface area contributed by atoms with Crippen molar-refractivity contribution < 1.29 is 14.3 Å². The van der Waals surface area contributed by atoms with Crippen LogP contribution in [-0.2, 0) is 16.1 Å². The van der Waals surface area contributed by atoms with Gasteiger partial charge in [-0.25, -0.2) is 9.78 Å². The van der Waals surface area contributed by atoms with Crippen molar-refractivity contribution in [3.05, 3.63) is 52.0 Å². The molecule has 1 N–H and O–H groups in total. The highest BCUT2D eigenvalue weighted by atomic mass is 35.5. The second-order valence-electron chi connectivity index (χ2n) is 6.06. The fourth-order valence-electron chi connectivity index (χ4n) is 2.82. The number of carbonyl (C=O) groups is 2. The van der Waals surface area contributed by atoms with E-state index in [1.165, 1.54) is 11.8 Å². The minimum Gasteiger partial charge on any atom is -0.462 e. The molecule has 29 heavy (non-hydrogen) atoms.